The Kier molecular flexibility index (Phi) is 4.28. The number of carbonyl (C=O) groups excluding carboxylic acids is 1. The van der Waals surface area contributed by atoms with E-state index in [0.717, 1.165) is 54.2 Å². The van der Waals surface area contributed by atoms with Crippen LogP contribution in [-0.4, -0.2) is 44.0 Å². The summed E-state index contributed by atoms with van der Waals surface area (Å²) in [6.45, 7) is 5.32. The molecule has 3 aromatic rings. The van der Waals surface area contributed by atoms with Gasteiger partial charge in [0.25, 0.3) is 5.91 Å². The molecule has 3 aromatic heterocycles. The summed E-state index contributed by atoms with van der Waals surface area (Å²) in [5.74, 6) is 1.18. The van der Waals surface area contributed by atoms with E-state index in [9.17, 15) is 4.79 Å². The number of imidazole rings is 1. The molecule has 7 heteroatoms. The zero-order valence-corrected chi connectivity index (χ0v) is 14.9. The second-order valence-corrected chi connectivity index (χ2v) is 6.70. The Morgan fingerprint density at radius 2 is 2.12 bits per heavy atom. The fraction of sp³-hybridized carbons (Fsp3) is 0.368. The predicted molar refractivity (Wildman–Crippen MR) is 95.7 cm³/mol. The second-order valence-electron chi connectivity index (χ2n) is 6.70. The first-order valence-electron chi connectivity index (χ1n) is 8.80. The molecule has 0 bridgehead atoms. The average Bonchev–Trinajstić information content (AvgIpc) is 3.32. The van der Waals surface area contributed by atoms with Crippen LogP contribution in [-0.2, 0) is 0 Å². The zero-order valence-electron chi connectivity index (χ0n) is 14.9. The molecule has 0 saturated carbocycles. The van der Waals surface area contributed by atoms with E-state index < -0.39 is 0 Å². The number of pyridine rings is 1. The number of nitrogens with one attached hydrogen (secondary N) is 1. The lowest BCUT2D eigenvalue weighted by Gasteiger charge is -2.31. The van der Waals surface area contributed by atoms with E-state index in [4.69, 9.17) is 4.52 Å². The lowest BCUT2D eigenvalue weighted by molar-refractivity contribution is 0.0706. The molecule has 1 saturated heterocycles. The third kappa shape index (κ3) is 3.00. The first-order chi connectivity index (χ1) is 12.6. The third-order valence-corrected chi connectivity index (χ3v) is 5.03. The van der Waals surface area contributed by atoms with Gasteiger partial charge in [-0.2, -0.15) is 0 Å². The van der Waals surface area contributed by atoms with Gasteiger partial charge in [0.1, 0.15) is 11.5 Å². The first kappa shape index (κ1) is 16.5. The van der Waals surface area contributed by atoms with Crippen LogP contribution >= 0.6 is 0 Å². The summed E-state index contributed by atoms with van der Waals surface area (Å²) in [6, 6.07) is 4.12. The first-order valence-corrected chi connectivity index (χ1v) is 8.80. The number of aryl methyl sites for hydroxylation is 2. The highest BCUT2D eigenvalue weighted by molar-refractivity contribution is 5.92. The topological polar surface area (TPSA) is 87.9 Å². The number of aromatic amines is 1. The van der Waals surface area contributed by atoms with E-state index in [0.29, 0.717) is 11.6 Å². The number of amides is 1. The summed E-state index contributed by atoms with van der Waals surface area (Å²) >= 11 is 0. The number of likely N-dealkylation sites (tertiary alicyclic amines) is 1. The number of hydrogen-bond donors (Lipinski definition) is 1. The number of piperidine rings is 1. The van der Waals surface area contributed by atoms with Crippen LogP contribution in [0, 0.1) is 13.8 Å². The van der Waals surface area contributed by atoms with Crippen LogP contribution in [0.3, 0.4) is 0 Å². The number of hydrogen-bond acceptors (Lipinski definition) is 5. The van der Waals surface area contributed by atoms with E-state index in [1.807, 2.05) is 31.0 Å². The number of carbonyl (C=O) groups is 1. The monoisotopic (exact) mass is 351 g/mol. The van der Waals surface area contributed by atoms with Gasteiger partial charge in [0, 0.05) is 36.5 Å². The summed E-state index contributed by atoms with van der Waals surface area (Å²) in [5.41, 5.74) is 4.63. The number of nitrogens with zero attached hydrogens (tertiary/aromatic N) is 4. The van der Waals surface area contributed by atoms with Gasteiger partial charge in [-0.1, -0.05) is 5.16 Å². The number of aromatic nitrogens is 4. The van der Waals surface area contributed by atoms with E-state index in [-0.39, 0.29) is 5.91 Å². The number of rotatable bonds is 3. The third-order valence-electron chi connectivity index (χ3n) is 5.03. The van der Waals surface area contributed by atoms with Crippen LogP contribution in [0.4, 0.5) is 0 Å². The molecule has 4 rings (SSSR count). The number of H-pyrrole nitrogens is 1. The van der Waals surface area contributed by atoms with Gasteiger partial charge in [0.15, 0.2) is 0 Å². The largest absolute Gasteiger partial charge is 0.361 e. The fourth-order valence-electron chi connectivity index (χ4n) is 3.64. The van der Waals surface area contributed by atoms with Gasteiger partial charge in [0.2, 0.25) is 0 Å². The van der Waals surface area contributed by atoms with Gasteiger partial charge < -0.3 is 14.4 Å². The summed E-state index contributed by atoms with van der Waals surface area (Å²) in [7, 11) is 0. The van der Waals surface area contributed by atoms with Crippen molar-refractivity contribution >= 4 is 5.91 Å². The van der Waals surface area contributed by atoms with Crippen molar-refractivity contribution in [3.8, 4) is 11.1 Å². The summed E-state index contributed by atoms with van der Waals surface area (Å²) < 4.78 is 5.29. The average molecular weight is 351 g/mol. The SMILES string of the molecule is Cc1noc(C)c1-c1ccnc(C2CCN(C(=O)c3cnc[nH]3)CC2)c1. The molecule has 1 N–H and O–H groups in total. The van der Waals surface area contributed by atoms with Crippen LogP contribution in [0.5, 0.6) is 0 Å². The van der Waals surface area contributed by atoms with Crippen molar-refractivity contribution in [3.63, 3.8) is 0 Å². The van der Waals surface area contributed by atoms with Gasteiger partial charge in [-0.3, -0.25) is 9.78 Å². The Labute approximate surface area is 151 Å². The lowest BCUT2D eigenvalue weighted by Crippen LogP contribution is -2.38. The second kappa shape index (κ2) is 6.74. The summed E-state index contributed by atoms with van der Waals surface area (Å²) in [4.78, 5) is 25.7. The van der Waals surface area contributed by atoms with Crippen LogP contribution in [0.15, 0.2) is 35.4 Å². The highest BCUT2D eigenvalue weighted by atomic mass is 16.5. The van der Waals surface area contributed by atoms with Crippen molar-refractivity contribution in [1.29, 1.82) is 0 Å². The Hall–Kier alpha value is -2.96. The van der Waals surface area contributed by atoms with Gasteiger partial charge in [-0.15, -0.1) is 0 Å². The molecule has 0 radical (unpaired) electrons. The van der Waals surface area contributed by atoms with Crippen molar-refractivity contribution in [1.82, 2.24) is 25.0 Å². The molecule has 26 heavy (non-hydrogen) atoms. The summed E-state index contributed by atoms with van der Waals surface area (Å²) in [6.07, 6.45) is 6.75. The molecule has 0 aromatic carbocycles. The maximum Gasteiger partial charge on any atom is 0.271 e. The minimum atomic E-state index is 0.0124. The molecule has 134 valence electrons. The minimum Gasteiger partial charge on any atom is -0.361 e. The van der Waals surface area contributed by atoms with Gasteiger partial charge in [-0.25, -0.2) is 4.98 Å². The maximum absolute atomic E-state index is 12.4. The van der Waals surface area contributed by atoms with Gasteiger partial charge in [-0.05, 0) is 44.4 Å². The molecule has 7 nitrogen and oxygen atoms in total. The molecule has 1 amide bonds. The van der Waals surface area contributed by atoms with E-state index >= 15 is 0 Å². The highest BCUT2D eigenvalue weighted by Gasteiger charge is 2.26. The molecular weight excluding hydrogens is 330 g/mol. The van der Waals surface area contributed by atoms with Crippen LogP contribution in [0.2, 0.25) is 0 Å². The standard InChI is InChI=1S/C19H21N5O2/c1-12-18(13(2)26-23-12)15-3-6-21-16(9-15)14-4-7-24(8-5-14)19(25)17-10-20-11-22-17/h3,6,9-11,14H,4-5,7-8H2,1-2H3,(H,20,22). The van der Waals surface area contributed by atoms with E-state index in [1.54, 1.807) is 6.20 Å². The van der Waals surface area contributed by atoms with Crippen molar-refractivity contribution in [2.45, 2.75) is 32.6 Å². The maximum atomic E-state index is 12.4. The highest BCUT2D eigenvalue weighted by Crippen LogP contribution is 2.32. The molecule has 0 aliphatic carbocycles. The predicted octanol–water partition coefficient (Wildman–Crippen LogP) is 3.10. The van der Waals surface area contributed by atoms with E-state index in [1.165, 1.54) is 6.33 Å². The molecule has 1 aliphatic rings. The fourth-order valence-corrected chi connectivity index (χ4v) is 3.64. The lowest BCUT2D eigenvalue weighted by atomic mass is 9.91. The summed E-state index contributed by atoms with van der Waals surface area (Å²) in [5, 5.41) is 4.04. The molecule has 1 aliphatic heterocycles. The molecule has 4 heterocycles. The Bertz CT molecular complexity index is 888. The van der Waals surface area contributed by atoms with Crippen molar-refractivity contribution in [3.05, 3.63) is 53.7 Å². The quantitative estimate of drug-likeness (QED) is 0.783. The smallest absolute Gasteiger partial charge is 0.271 e. The van der Waals surface area contributed by atoms with Crippen molar-refractivity contribution in [2.24, 2.45) is 0 Å². The Morgan fingerprint density at radius 1 is 1.31 bits per heavy atom. The normalized spacial score (nSPS) is 15.4. The Balaban J connectivity index is 1.48. The molecular formula is C19H21N5O2. The molecule has 0 atom stereocenters. The Morgan fingerprint density at radius 3 is 2.77 bits per heavy atom. The van der Waals surface area contributed by atoms with Crippen LogP contribution in [0.25, 0.3) is 11.1 Å². The van der Waals surface area contributed by atoms with Crippen LogP contribution < -0.4 is 0 Å². The van der Waals surface area contributed by atoms with Crippen LogP contribution in [0.1, 0.15) is 46.4 Å². The van der Waals surface area contributed by atoms with Crippen molar-refractivity contribution < 1.29 is 9.32 Å². The molecule has 0 unspecified atom stereocenters. The molecule has 0 spiro atoms. The zero-order chi connectivity index (χ0) is 18.1. The van der Waals surface area contributed by atoms with E-state index in [2.05, 4.69) is 26.2 Å². The van der Waals surface area contributed by atoms with Gasteiger partial charge in [0.05, 0.1) is 18.2 Å². The molecule has 1 fully saturated rings. The van der Waals surface area contributed by atoms with Crippen molar-refractivity contribution in [2.75, 3.05) is 13.1 Å². The van der Waals surface area contributed by atoms with Gasteiger partial charge >= 0.3 is 0 Å². The minimum absolute atomic E-state index is 0.0124.